The molecule has 2 aliphatic rings. The zero-order valence-electron chi connectivity index (χ0n) is 15.3. The summed E-state index contributed by atoms with van der Waals surface area (Å²) in [5, 5.41) is 3.30. The first-order chi connectivity index (χ1) is 12.2. The molecule has 1 unspecified atom stereocenters. The zero-order chi connectivity index (χ0) is 17.6. The van der Waals surface area contributed by atoms with Crippen molar-refractivity contribution in [2.24, 2.45) is 5.92 Å². The predicted octanol–water partition coefficient (Wildman–Crippen LogP) is 1.33. The Morgan fingerprint density at radius 3 is 2.58 bits per heavy atom. The van der Waals surface area contributed by atoms with Gasteiger partial charge < -0.3 is 19.9 Å². The van der Waals surface area contributed by atoms with E-state index in [1.807, 2.05) is 34.1 Å². The van der Waals surface area contributed by atoms with Gasteiger partial charge in [0.2, 0.25) is 11.8 Å². The van der Waals surface area contributed by atoms with Crippen molar-refractivity contribution in [3.05, 3.63) is 29.8 Å². The molecule has 2 saturated heterocycles. The molecule has 2 aliphatic heterocycles. The van der Waals surface area contributed by atoms with E-state index < -0.39 is 0 Å². The van der Waals surface area contributed by atoms with Crippen LogP contribution in [0.25, 0.3) is 0 Å². The molecule has 0 radical (unpaired) electrons. The third-order valence-corrected chi connectivity index (χ3v) is 5.08. The Bertz CT molecular complexity index is 612. The van der Waals surface area contributed by atoms with E-state index in [1.165, 1.54) is 0 Å². The molecular formula is C19H28ClN3O3. The van der Waals surface area contributed by atoms with Crippen molar-refractivity contribution in [1.29, 1.82) is 0 Å². The number of piperazine rings is 1. The smallest absolute Gasteiger partial charge is 0.227 e. The second-order valence-corrected chi connectivity index (χ2v) is 6.78. The van der Waals surface area contributed by atoms with Gasteiger partial charge in [-0.3, -0.25) is 9.59 Å². The van der Waals surface area contributed by atoms with Crippen LogP contribution in [0.1, 0.15) is 18.4 Å². The Balaban J connectivity index is 0.00000243. The number of hydrogen-bond acceptors (Lipinski definition) is 4. The molecule has 0 aromatic heterocycles. The van der Waals surface area contributed by atoms with Crippen LogP contribution < -0.4 is 10.1 Å². The number of amides is 2. The summed E-state index contributed by atoms with van der Waals surface area (Å²) in [5.74, 6) is 1.22. The monoisotopic (exact) mass is 381 g/mol. The molecule has 2 heterocycles. The lowest BCUT2D eigenvalue weighted by Gasteiger charge is -2.37. The van der Waals surface area contributed by atoms with Crippen LogP contribution >= 0.6 is 12.4 Å². The summed E-state index contributed by atoms with van der Waals surface area (Å²) in [4.78, 5) is 28.9. The number of hydrogen-bond donors (Lipinski definition) is 1. The summed E-state index contributed by atoms with van der Waals surface area (Å²) in [6.45, 7) is 4.31. The Kier molecular flexibility index (Phi) is 7.72. The normalized spacial score (nSPS) is 20.3. The van der Waals surface area contributed by atoms with E-state index in [0.29, 0.717) is 32.6 Å². The third kappa shape index (κ3) is 5.11. The summed E-state index contributed by atoms with van der Waals surface area (Å²) >= 11 is 0. The average molecular weight is 382 g/mol. The van der Waals surface area contributed by atoms with E-state index in [1.54, 1.807) is 7.11 Å². The SMILES string of the molecule is COc1cccc(CC(=O)N2CCN(C(=O)C3CCCNC3)CC2)c1.Cl. The van der Waals surface area contributed by atoms with E-state index >= 15 is 0 Å². The first-order valence-electron chi connectivity index (χ1n) is 9.07. The Hall–Kier alpha value is -1.79. The highest BCUT2D eigenvalue weighted by atomic mass is 35.5. The average Bonchev–Trinajstić information content (AvgIpc) is 2.68. The van der Waals surface area contributed by atoms with E-state index in [2.05, 4.69) is 5.32 Å². The minimum atomic E-state index is 0. The van der Waals surface area contributed by atoms with Crippen molar-refractivity contribution in [2.45, 2.75) is 19.3 Å². The minimum absolute atomic E-state index is 0. The van der Waals surface area contributed by atoms with E-state index in [0.717, 1.165) is 37.2 Å². The summed E-state index contributed by atoms with van der Waals surface area (Å²) in [7, 11) is 1.62. The van der Waals surface area contributed by atoms with Crippen LogP contribution in [0.4, 0.5) is 0 Å². The molecule has 0 aliphatic carbocycles. The fraction of sp³-hybridized carbons (Fsp3) is 0.579. The highest BCUT2D eigenvalue weighted by Crippen LogP contribution is 2.17. The number of nitrogens with one attached hydrogen (secondary N) is 1. The van der Waals surface area contributed by atoms with Crippen molar-refractivity contribution in [2.75, 3.05) is 46.4 Å². The molecule has 0 spiro atoms. The lowest BCUT2D eigenvalue weighted by Crippen LogP contribution is -2.53. The van der Waals surface area contributed by atoms with E-state index in [4.69, 9.17) is 4.74 Å². The quantitative estimate of drug-likeness (QED) is 0.854. The largest absolute Gasteiger partial charge is 0.497 e. The molecule has 0 bridgehead atoms. The molecule has 0 saturated carbocycles. The lowest BCUT2D eigenvalue weighted by atomic mass is 9.98. The third-order valence-electron chi connectivity index (χ3n) is 5.08. The van der Waals surface area contributed by atoms with Crippen molar-refractivity contribution in [3.8, 4) is 5.75 Å². The molecule has 1 aromatic rings. The van der Waals surface area contributed by atoms with Crippen LogP contribution in [0.2, 0.25) is 0 Å². The molecule has 144 valence electrons. The fourth-order valence-corrected chi connectivity index (χ4v) is 3.57. The summed E-state index contributed by atoms with van der Waals surface area (Å²) in [5.41, 5.74) is 0.955. The van der Waals surface area contributed by atoms with E-state index in [9.17, 15) is 9.59 Å². The number of piperidine rings is 1. The van der Waals surface area contributed by atoms with Crippen LogP contribution in [-0.4, -0.2) is 68.0 Å². The first kappa shape index (κ1) is 20.5. The topological polar surface area (TPSA) is 61.9 Å². The maximum atomic E-state index is 12.6. The van der Waals surface area contributed by atoms with Crippen molar-refractivity contribution in [3.63, 3.8) is 0 Å². The number of carbonyl (C=O) groups is 2. The molecule has 1 N–H and O–H groups in total. The van der Waals surface area contributed by atoms with Crippen LogP contribution in [-0.2, 0) is 16.0 Å². The second kappa shape index (κ2) is 9.78. The highest BCUT2D eigenvalue weighted by Gasteiger charge is 2.29. The molecule has 1 aromatic carbocycles. The molecule has 2 fully saturated rings. The maximum absolute atomic E-state index is 12.6. The van der Waals surface area contributed by atoms with Gasteiger partial charge in [-0.25, -0.2) is 0 Å². The number of methoxy groups -OCH3 is 1. The van der Waals surface area contributed by atoms with Crippen molar-refractivity contribution < 1.29 is 14.3 Å². The summed E-state index contributed by atoms with van der Waals surface area (Å²) in [6.07, 6.45) is 2.41. The van der Waals surface area contributed by atoms with Gasteiger partial charge in [-0.1, -0.05) is 12.1 Å². The molecule has 1 atom stereocenters. The van der Waals surface area contributed by atoms with Gasteiger partial charge in [-0.05, 0) is 37.1 Å². The van der Waals surface area contributed by atoms with Gasteiger partial charge in [-0.2, -0.15) is 0 Å². The molecule has 2 amide bonds. The molecule has 3 rings (SSSR count). The van der Waals surface area contributed by atoms with Crippen LogP contribution in [0, 0.1) is 5.92 Å². The van der Waals surface area contributed by atoms with E-state index in [-0.39, 0.29) is 30.1 Å². The molecule has 26 heavy (non-hydrogen) atoms. The second-order valence-electron chi connectivity index (χ2n) is 6.78. The Morgan fingerprint density at radius 2 is 1.92 bits per heavy atom. The van der Waals surface area contributed by atoms with Gasteiger partial charge in [0.1, 0.15) is 5.75 Å². The Labute approximate surface area is 161 Å². The molecule has 6 nitrogen and oxygen atoms in total. The van der Waals surface area contributed by atoms with Crippen molar-refractivity contribution in [1.82, 2.24) is 15.1 Å². The van der Waals surface area contributed by atoms with Crippen LogP contribution in [0.5, 0.6) is 5.75 Å². The van der Waals surface area contributed by atoms with Gasteiger partial charge in [-0.15, -0.1) is 12.4 Å². The summed E-state index contributed by atoms with van der Waals surface area (Å²) in [6, 6.07) is 7.61. The number of ether oxygens (including phenoxy) is 1. The number of carbonyl (C=O) groups excluding carboxylic acids is 2. The minimum Gasteiger partial charge on any atom is -0.497 e. The van der Waals surface area contributed by atoms with Gasteiger partial charge in [0.05, 0.1) is 19.4 Å². The number of nitrogens with zero attached hydrogens (tertiary/aromatic N) is 2. The van der Waals surface area contributed by atoms with Gasteiger partial charge >= 0.3 is 0 Å². The van der Waals surface area contributed by atoms with Gasteiger partial charge in [0, 0.05) is 32.7 Å². The maximum Gasteiger partial charge on any atom is 0.227 e. The van der Waals surface area contributed by atoms with Crippen molar-refractivity contribution >= 4 is 24.2 Å². The zero-order valence-corrected chi connectivity index (χ0v) is 16.1. The lowest BCUT2D eigenvalue weighted by molar-refractivity contribution is -0.142. The van der Waals surface area contributed by atoms with Gasteiger partial charge in [0.15, 0.2) is 0 Å². The predicted molar refractivity (Wildman–Crippen MR) is 103 cm³/mol. The number of benzene rings is 1. The standard InChI is InChI=1S/C19H27N3O3.ClH/c1-25-17-6-2-4-15(12-17)13-18(23)21-8-10-22(11-9-21)19(24)16-5-3-7-20-14-16;/h2,4,6,12,16,20H,3,5,7-11,13-14H2,1H3;1H. The van der Waals surface area contributed by atoms with Gasteiger partial charge in [0.25, 0.3) is 0 Å². The Morgan fingerprint density at radius 1 is 1.19 bits per heavy atom. The van der Waals surface area contributed by atoms with Crippen LogP contribution in [0.3, 0.4) is 0 Å². The fourth-order valence-electron chi connectivity index (χ4n) is 3.57. The number of rotatable bonds is 4. The first-order valence-corrected chi connectivity index (χ1v) is 9.07. The highest BCUT2D eigenvalue weighted by molar-refractivity contribution is 5.85. The summed E-state index contributed by atoms with van der Waals surface area (Å²) < 4.78 is 5.21. The number of halogens is 1. The van der Waals surface area contributed by atoms with Crippen LogP contribution in [0.15, 0.2) is 24.3 Å². The molecule has 7 heteroatoms. The molecular weight excluding hydrogens is 354 g/mol.